The molecule has 0 saturated carbocycles. The Morgan fingerprint density at radius 2 is 1.32 bits per heavy atom. The normalized spacial score (nSPS) is 14.2. The molecule has 0 saturated heterocycles. The lowest BCUT2D eigenvalue weighted by molar-refractivity contribution is -0.382. The first kappa shape index (κ1) is 36.7. The summed E-state index contributed by atoms with van der Waals surface area (Å²) in [6, 6.07) is 9.73. The number of hydrogen-bond acceptors (Lipinski definition) is 4. The summed E-state index contributed by atoms with van der Waals surface area (Å²) < 4.78 is 137. The van der Waals surface area contributed by atoms with E-state index in [0.29, 0.717) is 5.57 Å². The molecule has 0 atom stereocenters. The van der Waals surface area contributed by atoms with Crippen molar-refractivity contribution >= 4 is 28.0 Å². The number of aliphatic carboxylic acids is 2. The maximum Gasteiger partial charge on any atom is 0.460 e. The number of hydrogen-bond donors (Lipinski definition) is 2. The molecule has 226 valence electrons. The summed E-state index contributed by atoms with van der Waals surface area (Å²) in [4.78, 5) is 20.9. The molecule has 1 aromatic carbocycles. The molecular weight excluding hydrogens is 589 g/mol. The number of sulfonamides is 1. The Bertz CT molecular complexity index is 1220. The largest absolute Gasteiger partial charge is 0.478 e. The molecule has 0 aliphatic heterocycles. The van der Waals surface area contributed by atoms with Crippen molar-refractivity contribution in [3.8, 4) is 0 Å². The van der Waals surface area contributed by atoms with Crippen molar-refractivity contribution < 1.29 is 67.7 Å². The molecule has 0 unspecified atom stereocenters. The van der Waals surface area contributed by atoms with Crippen molar-refractivity contribution in [2.24, 2.45) is 0 Å². The second kappa shape index (κ2) is 13.8. The van der Waals surface area contributed by atoms with Gasteiger partial charge in [0.05, 0.1) is 0 Å². The molecule has 0 aromatic heterocycles. The number of benzene rings is 1. The molecular formula is C23H24F9NO6S. The van der Waals surface area contributed by atoms with Crippen LogP contribution in [0.5, 0.6) is 0 Å². The maximum atomic E-state index is 13.5. The van der Waals surface area contributed by atoms with Crippen LogP contribution in [-0.2, 0) is 19.6 Å². The minimum Gasteiger partial charge on any atom is -0.478 e. The Morgan fingerprint density at radius 1 is 0.850 bits per heavy atom. The van der Waals surface area contributed by atoms with E-state index in [2.05, 4.69) is 0 Å². The first-order valence-electron chi connectivity index (χ1n) is 10.6. The van der Waals surface area contributed by atoms with Crippen molar-refractivity contribution in [3.05, 3.63) is 65.3 Å². The standard InChI is InChI=1S/C12H12O2.C11H12F9NO4S/c1-10(12(13)14)6-5-9-11-7-3-2-4-8-11;1-6(7(22)23)4-3-5-21(2)26(24,25)11(19,20)9(14,15)8(12,13)10(16,17)18/h2-9H,1H3,(H,13,14);4H,3,5H2,1-2H3,(H,22,23). The van der Waals surface area contributed by atoms with Crippen LogP contribution in [0.15, 0.2) is 59.7 Å². The van der Waals surface area contributed by atoms with Gasteiger partial charge >= 0.3 is 35.2 Å². The molecule has 2 N–H and O–H groups in total. The second-order valence-corrected chi connectivity index (χ2v) is 9.98. The Morgan fingerprint density at radius 3 is 1.75 bits per heavy atom. The van der Waals surface area contributed by atoms with Crippen molar-refractivity contribution in [1.82, 2.24) is 4.31 Å². The molecule has 1 rings (SSSR count). The minimum atomic E-state index is -7.34. The van der Waals surface area contributed by atoms with Crippen LogP contribution >= 0.6 is 0 Å². The van der Waals surface area contributed by atoms with E-state index in [1.807, 2.05) is 36.4 Å². The highest BCUT2D eigenvalue weighted by Crippen LogP contribution is 2.55. The van der Waals surface area contributed by atoms with Crippen LogP contribution in [-0.4, -0.2) is 71.7 Å². The number of carbonyl (C=O) groups is 2. The van der Waals surface area contributed by atoms with E-state index in [9.17, 15) is 57.5 Å². The zero-order valence-electron chi connectivity index (χ0n) is 20.9. The molecule has 0 aliphatic rings. The van der Waals surface area contributed by atoms with Crippen LogP contribution in [0.4, 0.5) is 39.5 Å². The van der Waals surface area contributed by atoms with Gasteiger partial charge in [0.1, 0.15) is 0 Å². The molecule has 0 radical (unpaired) electrons. The molecule has 0 heterocycles. The third-order valence-electron chi connectivity index (χ3n) is 4.85. The third kappa shape index (κ3) is 8.84. The van der Waals surface area contributed by atoms with E-state index in [4.69, 9.17) is 10.2 Å². The third-order valence-corrected chi connectivity index (χ3v) is 6.76. The fraction of sp³-hybridized carbons (Fsp3) is 0.391. The van der Waals surface area contributed by atoms with Crippen LogP contribution in [0.3, 0.4) is 0 Å². The van der Waals surface area contributed by atoms with Gasteiger partial charge in [0.25, 0.3) is 10.0 Å². The molecule has 0 aliphatic carbocycles. The van der Waals surface area contributed by atoms with E-state index in [1.54, 1.807) is 19.1 Å². The second-order valence-electron chi connectivity index (χ2n) is 7.90. The predicted molar refractivity (Wildman–Crippen MR) is 125 cm³/mol. The quantitative estimate of drug-likeness (QED) is 0.185. The highest BCUT2D eigenvalue weighted by atomic mass is 32.2. The summed E-state index contributed by atoms with van der Waals surface area (Å²) in [6.07, 6.45) is -1.78. The van der Waals surface area contributed by atoms with Gasteiger partial charge in [-0.25, -0.2) is 18.0 Å². The van der Waals surface area contributed by atoms with Gasteiger partial charge < -0.3 is 10.2 Å². The summed E-state index contributed by atoms with van der Waals surface area (Å²) in [6.45, 7) is 1.50. The van der Waals surface area contributed by atoms with Gasteiger partial charge in [0.15, 0.2) is 0 Å². The average molecular weight is 613 g/mol. The van der Waals surface area contributed by atoms with Crippen LogP contribution in [0.2, 0.25) is 0 Å². The molecule has 40 heavy (non-hydrogen) atoms. The molecule has 0 bridgehead atoms. The molecule has 0 spiro atoms. The van der Waals surface area contributed by atoms with Gasteiger partial charge in [-0.05, 0) is 25.8 Å². The van der Waals surface area contributed by atoms with Gasteiger partial charge in [-0.3, -0.25) is 0 Å². The molecule has 7 nitrogen and oxygen atoms in total. The van der Waals surface area contributed by atoms with E-state index >= 15 is 0 Å². The summed E-state index contributed by atoms with van der Waals surface area (Å²) in [5, 5.41) is 10.3. The lowest BCUT2D eigenvalue weighted by atomic mass is 10.1. The van der Waals surface area contributed by atoms with Gasteiger partial charge in [0, 0.05) is 24.7 Å². The van der Waals surface area contributed by atoms with Crippen molar-refractivity contribution in [2.45, 2.75) is 43.5 Å². The topological polar surface area (TPSA) is 112 Å². The number of rotatable bonds is 11. The first-order valence-corrected chi connectivity index (χ1v) is 12.1. The zero-order valence-corrected chi connectivity index (χ0v) is 21.7. The smallest absolute Gasteiger partial charge is 0.460 e. The minimum absolute atomic E-state index is 0.231. The first-order chi connectivity index (χ1) is 17.9. The van der Waals surface area contributed by atoms with E-state index in [0.717, 1.165) is 18.6 Å². The number of carboxylic acid groups (broad SMARTS) is 2. The fourth-order valence-corrected chi connectivity index (χ4v) is 3.52. The van der Waals surface area contributed by atoms with Crippen molar-refractivity contribution in [1.29, 1.82) is 0 Å². The highest BCUT2D eigenvalue weighted by molar-refractivity contribution is 7.90. The zero-order chi connectivity index (χ0) is 31.7. The Labute approximate surface area is 222 Å². The summed E-state index contributed by atoms with van der Waals surface area (Å²) in [5.41, 5.74) is 1.01. The lowest BCUT2D eigenvalue weighted by Crippen LogP contribution is -2.65. The Hall–Kier alpha value is -3.34. The summed E-state index contributed by atoms with van der Waals surface area (Å²) in [5.74, 6) is -17.0. The van der Waals surface area contributed by atoms with Crippen LogP contribution in [0.1, 0.15) is 25.8 Å². The summed E-state index contributed by atoms with van der Waals surface area (Å²) >= 11 is 0. The number of allylic oxidation sites excluding steroid dienone is 2. The molecule has 0 fully saturated rings. The predicted octanol–water partition coefficient (Wildman–Crippen LogP) is 5.83. The molecule has 0 amide bonds. The lowest BCUT2D eigenvalue weighted by Gasteiger charge is -2.34. The fourth-order valence-electron chi connectivity index (χ4n) is 2.33. The van der Waals surface area contributed by atoms with E-state index in [1.165, 1.54) is 0 Å². The summed E-state index contributed by atoms with van der Waals surface area (Å²) in [7, 11) is -6.43. The van der Waals surface area contributed by atoms with E-state index < -0.39 is 62.5 Å². The average Bonchev–Trinajstić information content (AvgIpc) is 2.83. The van der Waals surface area contributed by atoms with Crippen molar-refractivity contribution in [2.75, 3.05) is 13.6 Å². The van der Waals surface area contributed by atoms with Crippen molar-refractivity contribution in [3.63, 3.8) is 0 Å². The van der Waals surface area contributed by atoms with Gasteiger partial charge in [-0.1, -0.05) is 54.6 Å². The van der Waals surface area contributed by atoms with E-state index in [-0.39, 0.29) is 12.6 Å². The number of nitrogens with zero attached hydrogens (tertiary/aromatic N) is 1. The molecule has 17 heteroatoms. The van der Waals surface area contributed by atoms with Crippen LogP contribution in [0.25, 0.3) is 6.08 Å². The number of alkyl halides is 9. The number of halogens is 9. The van der Waals surface area contributed by atoms with Crippen LogP contribution in [0, 0.1) is 0 Å². The number of carboxylic acids is 2. The SMILES string of the molecule is CC(=CC=Cc1ccccc1)C(=O)O.CC(=CCCN(C)S(=O)(=O)C(F)(F)C(F)(F)C(F)(F)C(F)(F)F)C(=O)O. The van der Waals surface area contributed by atoms with Gasteiger partial charge in [0.2, 0.25) is 0 Å². The van der Waals surface area contributed by atoms with Gasteiger partial charge in [-0.2, -0.15) is 43.8 Å². The Kier molecular flexibility index (Phi) is 12.7. The molecule has 1 aromatic rings. The Balaban J connectivity index is 0.000000906. The monoisotopic (exact) mass is 613 g/mol. The van der Waals surface area contributed by atoms with Gasteiger partial charge in [-0.15, -0.1) is 0 Å². The van der Waals surface area contributed by atoms with Crippen LogP contribution < -0.4 is 0 Å². The maximum absolute atomic E-state index is 13.5. The highest BCUT2D eigenvalue weighted by Gasteiger charge is 2.85.